The summed E-state index contributed by atoms with van der Waals surface area (Å²) in [5, 5.41) is 23.5. The van der Waals surface area contributed by atoms with Crippen molar-refractivity contribution in [3.05, 3.63) is 318 Å². The minimum absolute atomic E-state index is 0. The molecule has 4 unspecified atom stereocenters. The molecule has 0 saturated heterocycles. The Morgan fingerprint density at radius 3 is 0.686 bits per heavy atom. The third kappa shape index (κ3) is 21.2. The average Bonchev–Trinajstić information content (AvgIpc) is 1.61. The molecule has 0 aliphatic heterocycles. The van der Waals surface area contributed by atoms with Crippen molar-refractivity contribution in [2.45, 2.75) is 291 Å². The number of halogens is 1. The Bertz CT molecular complexity index is 5230. The number of hydrogen-bond donors (Lipinski definition) is 0. The second-order valence-electron chi connectivity index (χ2n) is 43.0. The largest absolute Gasteiger partial charge is 1.00 e. The summed E-state index contributed by atoms with van der Waals surface area (Å²) in [5.41, 5.74) is 39.9. The van der Waals surface area contributed by atoms with E-state index in [9.17, 15) is 10.2 Å². The molecule has 0 bridgehead atoms. The van der Waals surface area contributed by atoms with Crippen molar-refractivity contribution in [3.8, 4) is 56.0 Å². The molecule has 4 atom stereocenters. The molecule has 4 aliphatic rings. The fourth-order valence-corrected chi connectivity index (χ4v) is 36.1. The van der Waals surface area contributed by atoms with Gasteiger partial charge < -0.3 is 22.6 Å². The number of rotatable bonds is 12. The fraction of sp³-hybridized carbons (Fsp3) is 0.397. The normalized spacial score (nSPS) is 16.2. The van der Waals surface area contributed by atoms with Crippen LogP contribution in [0, 0.1) is 0 Å². The molecule has 121 heavy (non-hydrogen) atoms. The first-order valence-corrected chi connectivity index (χ1v) is 53.4. The summed E-state index contributed by atoms with van der Waals surface area (Å²) in [6.45, 7) is 67.4. The van der Waals surface area contributed by atoms with Gasteiger partial charge in [0.25, 0.3) is 0 Å². The van der Waals surface area contributed by atoms with Crippen molar-refractivity contribution in [1.29, 1.82) is 0 Å². The number of hydrogen-bond acceptors (Lipinski definition) is 2. The molecule has 0 amide bonds. The maximum atomic E-state index is 11.7. The van der Waals surface area contributed by atoms with E-state index in [-0.39, 0.29) is 67.2 Å². The summed E-state index contributed by atoms with van der Waals surface area (Å²) < 4.78 is 9.07. The van der Waals surface area contributed by atoms with Crippen molar-refractivity contribution >= 4 is 31.7 Å². The van der Waals surface area contributed by atoms with Crippen LogP contribution in [-0.4, -0.2) is 7.42 Å². The van der Waals surface area contributed by atoms with E-state index >= 15 is 0 Å². The summed E-state index contributed by atoms with van der Waals surface area (Å²) >= 11 is -4.73. The third-order valence-electron chi connectivity index (χ3n) is 25.7. The van der Waals surface area contributed by atoms with E-state index in [2.05, 4.69) is 414 Å². The van der Waals surface area contributed by atoms with Crippen LogP contribution in [0.15, 0.2) is 229 Å². The summed E-state index contributed by atoms with van der Waals surface area (Å²) in [6, 6.07) is 77.0. The van der Waals surface area contributed by atoms with Crippen LogP contribution in [0.3, 0.4) is 0 Å². The van der Waals surface area contributed by atoms with Gasteiger partial charge in [0.1, 0.15) is 0 Å². The molecule has 5 heteroatoms. The molecular weight excluding hydrogens is 1640 g/mol. The van der Waals surface area contributed by atoms with Gasteiger partial charge in [-0.1, -0.05) is 131 Å². The zero-order valence-corrected chi connectivity index (χ0v) is 85.2. The van der Waals surface area contributed by atoms with Gasteiger partial charge in [-0.2, -0.15) is 0 Å². The van der Waals surface area contributed by atoms with Crippen LogP contribution in [0.2, 0.25) is 0 Å². The zero-order chi connectivity index (χ0) is 88.1. The van der Waals surface area contributed by atoms with E-state index in [0.717, 1.165) is 36.8 Å². The Morgan fingerprint density at radius 1 is 0.281 bits per heavy atom. The maximum absolute atomic E-state index is 11.7. The van der Waals surface area contributed by atoms with Gasteiger partial charge in [-0.05, 0) is 32.8 Å². The maximum Gasteiger partial charge on any atom is -1.00 e. The van der Waals surface area contributed by atoms with Gasteiger partial charge in [0.05, 0.1) is 0 Å². The minimum Gasteiger partial charge on any atom is -1.00 e. The van der Waals surface area contributed by atoms with E-state index in [0.29, 0.717) is 14.5 Å². The molecule has 0 N–H and O–H groups in total. The number of fused-ring (bicyclic) bond motifs is 4. The first kappa shape index (κ1) is 95.8. The van der Waals surface area contributed by atoms with Crippen LogP contribution in [0.1, 0.15) is 337 Å². The first-order chi connectivity index (χ1) is 56.0. The van der Waals surface area contributed by atoms with Gasteiger partial charge in [-0.15, -0.1) is 11.5 Å². The van der Waals surface area contributed by atoms with E-state index < -0.39 is 42.5 Å². The summed E-state index contributed by atoms with van der Waals surface area (Å²) in [4.78, 5) is 0. The van der Waals surface area contributed by atoms with E-state index in [1.54, 1.807) is 48.8 Å². The zero-order valence-electron chi connectivity index (χ0n) is 79.5. The van der Waals surface area contributed by atoms with Crippen LogP contribution < -0.4 is 22.6 Å². The van der Waals surface area contributed by atoms with Crippen molar-refractivity contribution in [2.75, 3.05) is 0 Å². The van der Waals surface area contributed by atoms with Gasteiger partial charge in [0.15, 0.2) is 0 Å². The SMILES string of the molecule is CC(C)(C)c1ccc([O-])c(C(C)(C)C)c1.CC(C)(C)c1ccc([O-])c(C(C)(C)C)c1.CCC1=Cc2c(-c3ccc(C(C)(C)C)cc3)cccc2[CH]1[Zr](=[C](C)C)[CH]1C(CC)=Cc2c(-c3ccc(C(C)(C)C)cc3)cccc21.[CH2]=[Zr]([CH]1C(CC)=Cc2c(-c3ccc(C(C)(C)C)cc3)cccc21)[CH]1C(CC)=Cc2c(-c3ccc(C(C)(C)C)cc3)cccc21.[Cl-]. The second-order valence-corrected chi connectivity index (χ2v) is 56.2. The van der Waals surface area contributed by atoms with Crippen molar-refractivity contribution in [2.24, 2.45) is 0 Å². The van der Waals surface area contributed by atoms with Crippen molar-refractivity contribution in [1.82, 2.24) is 0 Å². The smallest absolute Gasteiger partial charge is 1.00 e. The topological polar surface area (TPSA) is 46.1 Å². The Balaban J connectivity index is 0.000000189. The predicted octanol–water partition coefficient (Wildman–Crippen LogP) is 28.6. The van der Waals surface area contributed by atoms with Crippen LogP contribution >= 0.6 is 0 Å². The Kier molecular flexibility index (Phi) is 29.6. The molecule has 2 nitrogen and oxygen atoms in total. The Hall–Kier alpha value is -7.44. The minimum atomic E-state index is -2.37. The molecule has 0 spiro atoms. The fourth-order valence-electron chi connectivity index (χ4n) is 18.4. The summed E-state index contributed by atoms with van der Waals surface area (Å²) in [7, 11) is 0. The van der Waals surface area contributed by atoms with E-state index in [1.165, 1.54) is 111 Å². The van der Waals surface area contributed by atoms with Crippen LogP contribution in [0.5, 0.6) is 11.5 Å². The molecule has 0 heterocycles. The predicted molar refractivity (Wildman–Crippen MR) is 516 cm³/mol. The molecule has 0 fully saturated rings. The van der Waals surface area contributed by atoms with Gasteiger partial charge in [0, 0.05) is 0 Å². The molecule has 0 aromatic heterocycles. The van der Waals surface area contributed by atoms with Crippen LogP contribution in [-0.2, 0) is 85.9 Å². The molecule has 0 saturated carbocycles. The molecular formula is C116H142ClO2Zr2-3. The molecule has 14 rings (SSSR count). The Labute approximate surface area is 754 Å². The summed E-state index contributed by atoms with van der Waals surface area (Å²) in [6.07, 6.45) is 14.7. The summed E-state index contributed by atoms with van der Waals surface area (Å²) in [5.74, 6) is 0.297. The molecule has 0 radical (unpaired) electrons. The molecule has 10 aromatic rings. The monoisotopic (exact) mass is 1780 g/mol. The van der Waals surface area contributed by atoms with Gasteiger partial charge in [-0.25, -0.2) is 0 Å². The van der Waals surface area contributed by atoms with Gasteiger partial charge >= 0.3 is 564 Å². The van der Waals surface area contributed by atoms with Crippen LogP contribution in [0.4, 0.5) is 0 Å². The average molecular weight is 1790 g/mol. The number of benzene rings is 10. The van der Waals surface area contributed by atoms with E-state index in [4.69, 9.17) is 4.21 Å². The van der Waals surface area contributed by atoms with Crippen molar-refractivity contribution in [3.63, 3.8) is 0 Å². The van der Waals surface area contributed by atoms with Gasteiger partial charge in [0.2, 0.25) is 0 Å². The molecule has 4 aliphatic carbocycles. The van der Waals surface area contributed by atoms with Crippen molar-refractivity contribution < 1.29 is 65.2 Å². The van der Waals surface area contributed by atoms with Crippen LogP contribution in [0.25, 0.3) is 68.8 Å². The van der Waals surface area contributed by atoms with E-state index in [1.807, 2.05) is 12.1 Å². The first-order valence-electron chi connectivity index (χ1n) is 44.8. The quantitative estimate of drug-likeness (QED) is 0.122. The number of allylic oxidation sites excluding steroid dienone is 4. The molecule has 10 aromatic carbocycles. The second kappa shape index (κ2) is 37.4. The van der Waals surface area contributed by atoms with Gasteiger partial charge in [-0.3, -0.25) is 0 Å². The third-order valence-corrected chi connectivity index (χ3v) is 42.0. The Morgan fingerprint density at radius 2 is 0.488 bits per heavy atom. The molecule has 636 valence electrons. The standard InChI is InChI=1S/4C21H23.2C14H22O.C3H6.CH2.ClH.2Zr/c4*1-5-15-13-17-7-6-8-19(20(17)14-15)16-9-11-18(12-10-16)21(2,3)4;2*1-13(2,3)10-7-8-12(15)11(9-10)14(4,5)6;1-3-2;;;;/h4*6-14H,5H2,1-4H3;2*7-9,15H,1-6H3;1-2H3;1H2;1H;;/p-3.